The predicted molar refractivity (Wildman–Crippen MR) is 95.5 cm³/mol. The van der Waals surface area contributed by atoms with Gasteiger partial charge in [-0.2, -0.15) is 9.82 Å². The minimum atomic E-state index is -3.95. The number of amides is 1. The second-order valence-electron chi connectivity index (χ2n) is 5.70. The normalized spacial score (nSPS) is 12.8. The molecule has 2 aromatic carbocycles. The number of aromatic amines is 1. The van der Waals surface area contributed by atoms with Crippen LogP contribution < -0.4 is 10.0 Å². The van der Waals surface area contributed by atoms with Gasteiger partial charge in [-0.3, -0.25) is 9.89 Å². The van der Waals surface area contributed by atoms with E-state index in [9.17, 15) is 17.6 Å². The Labute approximate surface area is 149 Å². The summed E-state index contributed by atoms with van der Waals surface area (Å²) in [5.41, 5.74) is 1.27. The average Bonchev–Trinajstić information content (AvgIpc) is 3.07. The van der Waals surface area contributed by atoms with E-state index in [-0.39, 0.29) is 11.3 Å². The van der Waals surface area contributed by atoms with Crippen LogP contribution in [0.1, 0.15) is 13.3 Å². The van der Waals surface area contributed by atoms with Crippen molar-refractivity contribution >= 4 is 32.5 Å². The molecule has 0 saturated carbocycles. The summed E-state index contributed by atoms with van der Waals surface area (Å²) < 4.78 is 40.1. The summed E-state index contributed by atoms with van der Waals surface area (Å²) in [5.74, 6) is -1.03. The molecule has 1 atom stereocenters. The number of rotatable bonds is 6. The van der Waals surface area contributed by atoms with E-state index in [1.54, 1.807) is 31.3 Å². The number of hydrogen-bond donors (Lipinski definition) is 3. The van der Waals surface area contributed by atoms with Gasteiger partial charge in [-0.15, -0.1) is 0 Å². The van der Waals surface area contributed by atoms with Crippen molar-refractivity contribution in [3.8, 4) is 0 Å². The molecule has 1 unspecified atom stereocenters. The van der Waals surface area contributed by atoms with Crippen LogP contribution in [0.25, 0.3) is 10.9 Å². The Morgan fingerprint density at radius 3 is 2.65 bits per heavy atom. The van der Waals surface area contributed by atoms with E-state index in [2.05, 4.69) is 20.2 Å². The fourth-order valence-corrected chi connectivity index (χ4v) is 3.71. The predicted octanol–water partition coefficient (Wildman–Crippen LogP) is 2.40. The molecule has 0 aliphatic carbocycles. The number of carbonyl (C=O) groups is 1. The molecule has 0 saturated heterocycles. The van der Waals surface area contributed by atoms with Crippen molar-refractivity contribution in [2.45, 2.75) is 24.3 Å². The summed E-state index contributed by atoms with van der Waals surface area (Å²) in [7, 11) is -3.95. The van der Waals surface area contributed by atoms with Crippen LogP contribution >= 0.6 is 0 Å². The fraction of sp³-hybridized carbons (Fsp3) is 0.176. The van der Waals surface area contributed by atoms with Gasteiger partial charge < -0.3 is 5.32 Å². The molecular formula is C17H17FN4O3S. The zero-order valence-electron chi connectivity index (χ0n) is 13.9. The van der Waals surface area contributed by atoms with Gasteiger partial charge in [-0.1, -0.05) is 6.92 Å². The highest BCUT2D eigenvalue weighted by atomic mass is 32.2. The van der Waals surface area contributed by atoms with Gasteiger partial charge in [0.15, 0.2) is 0 Å². The van der Waals surface area contributed by atoms with Gasteiger partial charge in [-0.05, 0) is 48.9 Å². The van der Waals surface area contributed by atoms with Crippen molar-refractivity contribution in [3.63, 3.8) is 0 Å². The standard InChI is InChI=1S/C17H17FN4O3S/c1-2-15(22-26(24,25)14-7-4-12(18)5-8-14)17(23)20-13-6-3-11-10-19-21-16(11)9-13/h3-10,15,22H,2H2,1H3,(H,19,21)(H,20,23). The first-order valence-corrected chi connectivity index (χ1v) is 9.39. The lowest BCUT2D eigenvalue weighted by Crippen LogP contribution is -2.43. The number of benzene rings is 2. The Bertz CT molecular complexity index is 1030. The fourth-order valence-electron chi connectivity index (χ4n) is 2.44. The van der Waals surface area contributed by atoms with Crippen molar-refractivity contribution in [3.05, 3.63) is 54.5 Å². The summed E-state index contributed by atoms with van der Waals surface area (Å²) in [6, 6.07) is 8.63. The molecule has 3 N–H and O–H groups in total. The largest absolute Gasteiger partial charge is 0.325 e. The van der Waals surface area contributed by atoms with Crippen LogP contribution in [-0.2, 0) is 14.8 Å². The van der Waals surface area contributed by atoms with E-state index in [0.29, 0.717) is 5.69 Å². The maximum atomic E-state index is 13.0. The van der Waals surface area contributed by atoms with Crippen molar-refractivity contribution in [2.24, 2.45) is 0 Å². The Morgan fingerprint density at radius 2 is 1.96 bits per heavy atom. The first-order valence-electron chi connectivity index (χ1n) is 7.91. The SMILES string of the molecule is CCC(NS(=O)(=O)c1ccc(F)cc1)C(=O)Nc1ccc2cn[nH]c2c1. The molecule has 0 spiro atoms. The summed E-state index contributed by atoms with van der Waals surface area (Å²) in [4.78, 5) is 12.3. The lowest BCUT2D eigenvalue weighted by Gasteiger charge is -2.17. The number of hydrogen-bond acceptors (Lipinski definition) is 4. The molecule has 0 fully saturated rings. The highest BCUT2D eigenvalue weighted by Gasteiger charge is 2.24. The zero-order chi connectivity index (χ0) is 18.7. The summed E-state index contributed by atoms with van der Waals surface area (Å²) in [6.45, 7) is 1.69. The Balaban J connectivity index is 1.74. The molecule has 0 bridgehead atoms. The molecule has 3 aromatic rings. The van der Waals surface area contributed by atoms with E-state index in [4.69, 9.17) is 0 Å². The number of fused-ring (bicyclic) bond motifs is 1. The van der Waals surface area contributed by atoms with Crippen molar-refractivity contribution in [2.75, 3.05) is 5.32 Å². The van der Waals surface area contributed by atoms with Crippen molar-refractivity contribution in [1.82, 2.24) is 14.9 Å². The molecule has 26 heavy (non-hydrogen) atoms. The molecule has 0 aliphatic heterocycles. The van der Waals surface area contributed by atoms with Crippen LogP contribution in [0.4, 0.5) is 10.1 Å². The minimum Gasteiger partial charge on any atom is -0.325 e. The maximum Gasteiger partial charge on any atom is 0.242 e. The molecule has 9 heteroatoms. The number of H-pyrrole nitrogens is 1. The van der Waals surface area contributed by atoms with Crippen LogP contribution in [0.3, 0.4) is 0 Å². The Kier molecular flexibility index (Phi) is 5.01. The third kappa shape index (κ3) is 3.89. The topological polar surface area (TPSA) is 104 Å². The van der Waals surface area contributed by atoms with E-state index >= 15 is 0 Å². The number of carbonyl (C=O) groups excluding carboxylic acids is 1. The van der Waals surface area contributed by atoms with Gasteiger partial charge in [0.2, 0.25) is 15.9 Å². The number of sulfonamides is 1. The first kappa shape index (κ1) is 18.0. The number of nitrogens with one attached hydrogen (secondary N) is 3. The molecular weight excluding hydrogens is 359 g/mol. The van der Waals surface area contributed by atoms with Crippen molar-refractivity contribution in [1.29, 1.82) is 0 Å². The van der Waals surface area contributed by atoms with E-state index in [1.165, 1.54) is 0 Å². The Hall–Kier alpha value is -2.78. The van der Waals surface area contributed by atoms with Gasteiger partial charge in [0.1, 0.15) is 11.9 Å². The molecule has 0 aliphatic rings. The van der Waals surface area contributed by atoms with Crippen LogP contribution in [0, 0.1) is 5.82 Å². The molecule has 136 valence electrons. The van der Waals surface area contributed by atoms with Crippen molar-refractivity contribution < 1.29 is 17.6 Å². The van der Waals surface area contributed by atoms with Crippen LogP contribution in [0.15, 0.2) is 53.6 Å². The highest BCUT2D eigenvalue weighted by molar-refractivity contribution is 7.89. The lowest BCUT2D eigenvalue weighted by molar-refractivity contribution is -0.117. The number of aromatic nitrogens is 2. The lowest BCUT2D eigenvalue weighted by atomic mass is 10.2. The number of halogens is 1. The summed E-state index contributed by atoms with van der Waals surface area (Å²) >= 11 is 0. The minimum absolute atomic E-state index is 0.107. The molecule has 1 aromatic heterocycles. The van der Waals surface area contributed by atoms with Crippen LogP contribution in [-0.4, -0.2) is 30.6 Å². The highest BCUT2D eigenvalue weighted by Crippen LogP contribution is 2.17. The second kappa shape index (κ2) is 7.22. The number of nitrogens with zero attached hydrogens (tertiary/aromatic N) is 1. The van der Waals surface area contributed by atoms with Crippen LogP contribution in [0.2, 0.25) is 0 Å². The monoisotopic (exact) mass is 376 g/mol. The summed E-state index contributed by atoms with van der Waals surface area (Å²) in [5, 5.41) is 10.3. The molecule has 0 radical (unpaired) electrons. The second-order valence-corrected chi connectivity index (χ2v) is 7.41. The number of anilines is 1. The maximum absolute atomic E-state index is 13.0. The van der Waals surface area contributed by atoms with Gasteiger partial charge in [0, 0.05) is 11.1 Å². The van der Waals surface area contributed by atoms with Gasteiger partial charge >= 0.3 is 0 Å². The molecule has 1 amide bonds. The first-order chi connectivity index (χ1) is 12.4. The third-order valence-corrected chi connectivity index (χ3v) is 5.34. The zero-order valence-corrected chi connectivity index (χ0v) is 14.7. The van der Waals surface area contributed by atoms with Gasteiger partial charge in [-0.25, -0.2) is 12.8 Å². The van der Waals surface area contributed by atoms with Gasteiger partial charge in [0.25, 0.3) is 0 Å². The quantitative estimate of drug-likeness (QED) is 0.614. The van der Waals surface area contributed by atoms with Gasteiger partial charge in [0.05, 0.1) is 16.6 Å². The smallest absolute Gasteiger partial charge is 0.242 e. The van der Waals surface area contributed by atoms with E-state index < -0.39 is 27.8 Å². The third-order valence-electron chi connectivity index (χ3n) is 3.86. The molecule has 3 rings (SSSR count). The molecule has 7 nitrogen and oxygen atoms in total. The molecule has 1 heterocycles. The average molecular weight is 376 g/mol. The summed E-state index contributed by atoms with van der Waals surface area (Å²) in [6.07, 6.45) is 1.91. The van der Waals surface area contributed by atoms with Crippen LogP contribution in [0.5, 0.6) is 0 Å². The Morgan fingerprint density at radius 1 is 1.23 bits per heavy atom. The van der Waals surface area contributed by atoms with E-state index in [1.807, 2.05) is 0 Å². The van der Waals surface area contributed by atoms with E-state index in [0.717, 1.165) is 35.2 Å².